The number of imidazole rings is 1. The molecule has 0 saturated heterocycles. The van der Waals surface area contributed by atoms with E-state index < -0.39 is 139 Å². The Morgan fingerprint density at radius 1 is 0.512 bits per heavy atom. The zero-order valence-corrected chi connectivity index (χ0v) is 48.4. The van der Waals surface area contributed by atoms with Crippen LogP contribution in [0.3, 0.4) is 0 Å². The van der Waals surface area contributed by atoms with Crippen molar-refractivity contribution in [2.75, 3.05) is 19.8 Å². The first-order chi connectivity index (χ1) is 40.9. The van der Waals surface area contributed by atoms with Crippen molar-refractivity contribution in [1.82, 2.24) is 57.8 Å². The number of benzene rings is 3. The molecule has 0 aliphatic heterocycles. The number of phenolic OH excluding ortho intramolecular Hbond substituents is 1. The van der Waals surface area contributed by atoms with Crippen LogP contribution in [0.2, 0.25) is 0 Å². The number of aliphatic hydroxyl groups excluding tert-OH is 3. The second-order valence-corrected chi connectivity index (χ2v) is 21.1. The predicted octanol–water partition coefficient (Wildman–Crippen LogP) is -3.28. The number of unbranched alkanes of at least 4 members (excludes halogenated alkanes) is 1. The molecule has 28 nitrogen and oxygen atoms in total. The largest absolute Gasteiger partial charge is 0.508 e. The number of nitrogens with one attached hydrogen (secondary N) is 10. The Balaban J connectivity index is 1.56. The minimum Gasteiger partial charge on any atom is -0.508 e. The first-order valence-electron chi connectivity index (χ1n) is 28.1. The van der Waals surface area contributed by atoms with Gasteiger partial charge in [-0.2, -0.15) is 0 Å². The number of carboxylic acid groups (broad SMARTS) is 1. The summed E-state index contributed by atoms with van der Waals surface area (Å²) in [7, 11) is 0. The van der Waals surface area contributed by atoms with E-state index in [0.717, 1.165) is 0 Å². The number of nitrogens with zero attached hydrogens (tertiary/aromatic N) is 1. The fraction of sp³-hybridized carbons (Fsp3) is 0.466. The molecule has 0 radical (unpaired) electrons. The molecule has 28 heteroatoms. The van der Waals surface area contributed by atoms with Crippen molar-refractivity contribution < 1.29 is 73.5 Å². The quantitative estimate of drug-likeness (QED) is 0.0199. The Bertz CT molecular complexity index is 2850. The van der Waals surface area contributed by atoms with E-state index in [0.29, 0.717) is 35.2 Å². The van der Waals surface area contributed by atoms with Crippen LogP contribution in [0, 0.1) is 5.92 Å². The molecule has 0 bridgehead atoms. The number of phenols is 1. The van der Waals surface area contributed by atoms with Gasteiger partial charge in [0.1, 0.15) is 66.2 Å². The molecule has 0 fully saturated rings. The number of rotatable bonds is 36. The lowest BCUT2D eigenvalue weighted by molar-refractivity contribution is -0.143. The van der Waals surface area contributed by atoms with Gasteiger partial charge in [-0.3, -0.25) is 43.2 Å². The molecule has 0 saturated carbocycles. The number of aromatic nitrogens is 2. The molecule has 86 heavy (non-hydrogen) atoms. The minimum absolute atomic E-state index is 0.0129. The molecule has 11 atom stereocenters. The second kappa shape index (κ2) is 35.5. The van der Waals surface area contributed by atoms with Gasteiger partial charge in [0, 0.05) is 37.6 Å². The number of aliphatic carboxylic acids is 1. The van der Waals surface area contributed by atoms with Gasteiger partial charge >= 0.3 is 5.97 Å². The van der Waals surface area contributed by atoms with Gasteiger partial charge in [0.25, 0.3) is 0 Å². The fourth-order valence-corrected chi connectivity index (χ4v) is 8.72. The molecule has 0 aliphatic rings. The van der Waals surface area contributed by atoms with E-state index in [1.807, 2.05) is 0 Å². The number of amides is 9. The highest BCUT2D eigenvalue weighted by atomic mass is 16.4. The van der Waals surface area contributed by atoms with Crippen molar-refractivity contribution in [3.05, 3.63) is 120 Å². The minimum atomic E-state index is -1.78. The van der Waals surface area contributed by atoms with Crippen molar-refractivity contribution in [2.24, 2.45) is 17.4 Å². The maximum atomic E-state index is 14.3. The summed E-state index contributed by atoms with van der Waals surface area (Å²) in [6.07, 6.45) is 1.19. The number of nitrogens with two attached hydrogens (primary N) is 2. The van der Waals surface area contributed by atoms with Gasteiger partial charge in [-0.25, -0.2) is 9.78 Å². The monoisotopic (exact) mass is 1200 g/mol. The van der Waals surface area contributed by atoms with Crippen molar-refractivity contribution in [3.8, 4) is 5.75 Å². The van der Waals surface area contributed by atoms with Crippen molar-refractivity contribution in [2.45, 2.75) is 146 Å². The number of aromatic amines is 1. The zero-order valence-electron chi connectivity index (χ0n) is 48.4. The first kappa shape index (κ1) is 69.7. The van der Waals surface area contributed by atoms with Crippen LogP contribution in [0.5, 0.6) is 5.75 Å². The summed E-state index contributed by atoms with van der Waals surface area (Å²) >= 11 is 0. The van der Waals surface area contributed by atoms with Crippen LogP contribution in [0.15, 0.2) is 97.5 Å². The summed E-state index contributed by atoms with van der Waals surface area (Å²) < 4.78 is 0. The van der Waals surface area contributed by atoms with E-state index >= 15 is 0 Å². The Kier molecular flexibility index (Phi) is 28.7. The fourth-order valence-electron chi connectivity index (χ4n) is 8.72. The van der Waals surface area contributed by atoms with E-state index in [2.05, 4.69) is 57.8 Å². The van der Waals surface area contributed by atoms with Crippen molar-refractivity contribution in [1.29, 1.82) is 0 Å². The Morgan fingerprint density at radius 2 is 0.953 bits per heavy atom. The highest BCUT2D eigenvalue weighted by Gasteiger charge is 2.36. The average Bonchev–Trinajstić information content (AvgIpc) is 3.50. The number of hydrogen-bond donors (Lipinski definition) is 17. The maximum Gasteiger partial charge on any atom is 0.326 e. The number of hydrogen-bond acceptors (Lipinski definition) is 17. The molecule has 0 unspecified atom stereocenters. The molecule has 9 amide bonds. The SMILES string of the molecule is CC(C)C[C@H](NC(=O)[C@@H](NC(=O)[C@H](Cc1ccc(O)cc1)NC(=O)[C@H](C)NC(=O)[C@H](Cc1ccccc1)NC(=O)[C@H](CO)NC(=O)[C@H](Cc1cnc[nH]1)NC(=O)[C@H](CCCCN)NC(=O)[C@H](Cc1ccccc1)NC(=O)[C@@H](N)CO)[C@@H](C)O)C(=O)O. The van der Waals surface area contributed by atoms with Crippen LogP contribution in [-0.4, -0.2) is 181 Å². The van der Waals surface area contributed by atoms with E-state index in [1.165, 1.54) is 50.6 Å². The van der Waals surface area contributed by atoms with Gasteiger partial charge in [0.2, 0.25) is 53.2 Å². The van der Waals surface area contributed by atoms with Gasteiger partial charge in [-0.1, -0.05) is 86.6 Å². The van der Waals surface area contributed by atoms with Crippen LogP contribution < -0.4 is 59.3 Å². The summed E-state index contributed by atoms with van der Waals surface area (Å²) in [4.78, 5) is 144. The summed E-state index contributed by atoms with van der Waals surface area (Å²) in [6, 6.07) is 7.73. The van der Waals surface area contributed by atoms with Gasteiger partial charge in [-0.05, 0) is 80.8 Å². The van der Waals surface area contributed by atoms with E-state index in [9.17, 15) is 73.5 Å². The highest BCUT2D eigenvalue weighted by molar-refractivity contribution is 5.99. The average molecular weight is 1200 g/mol. The van der Waals surface area contributed by atoms with Crippen LogP contribution in [0.1, 0.15) is 75.8 Å². The van der Waals surface area contributed by atoms with Crippen LogP contribution >= 0.6 is 0 Å². The summed E-state index contributed by atoms with van der Waals surface area (Å²) in [5, 5.41) is 72.9. The third kappa shape index (κ3) is 23.3. The summed E-state index contributed by atoms with van der Waals surface area (Å²) in [5.74, 6) is -10.1. The lowest BCUT2D eigenvalue weighted by Crippen LogP contribution is -2.62. The maximum absolute atomic E-state index is 14.3. The van der Waals surface area contributed by atoms with Gasteiger partial charge in [0.05, 0.1) is 25.6 Å². The van der Waals surface area contributed by atoms with Gasteiger partial charge in [0.15, 0.2) is 0 Å². The van der Waals surface area contributed by atoms with E-state index in [1.54, 1.807) is 74.5 Å². The van der Waals surface area contributed by atoms with Gasteiger partial charge < -0.3 is 89.8 Å². The lowest BCUT2D eigenvalue weighted by atomic mass is 10.0. The van der Waals surface area contributed by atoms with E-state index in [-0.39, 0.29) is 56.7 Å². The molecular weight excluding hydrogens is 1120 g/mol. The van der Waals surface area contributed by atoms with Gasteiger partial charge in [-0.15, -0.1) is 0 Å². The Morgan fingerprint density at radius 3 is 1.43 bits per heavy atom. The molecule has 0 aliphatic carbocycles. The molecule has 19 N–H and O–H groups in total. The standard InChI is InChI=1S/C58H81N13O15/c1-32(2)23-46(58(85)86)69-57(84)48(34(4)74)71-55(82)44(26-37-18-20-39(75)21-19-37)65-49(76)33(3)63-52(79)42(24-35-13-7-5-8-14-35)67-56(83)47(30-73)70-54(81)45(27-38-28-61-31-62-38)68-51(78)41(17-11-12-22-59)64-53(80)43(66-50(77)40(60)29-72)25-36-15-9-6-10-16-36/h5-10,13-16,18-21,28,31-34,40-48,72-75H,11-12,17,22-27,29-30,59-60H2,1-4H3,(H,61,62)(H,63,79)(H,64,80)(H,65,76)(H,66,77)(H,67,83)(H,68,78)(H,69,84)(H,70,81)(H,71,82)(H,85,86)/t33-,34+,40-,41-,42-,43-,44-,45-,46-,47-,48-/m0/s1. The zero-order chi connectivity index (χ0) is 63.5. The number of carbonyl (C=O) groups excluding carboxylic acids is 9. The molecule has 1 aromatic heterocycles. The highest BCUT2D eigenvalue weighted by Crippen LogP contribution is 2.14. The lowest BCUT2D eigenvalue weighted by Gasteiger charge is -2.28. The normalized spacial score (nSPS) is 15.0. The van der Waals surface area contributed by atoms with E-state index in [4.69, 9.17) is 11.5 Å². The number of carboxylic acids is 1. The topological polar surface area (TPSA) is 461 Å². The molecule has 468 valence electrons. The second-order valence-electron chi connectivity index (χ2n) is 21.1. The number of aromatic hydroxyl groups is 1. The van der Waals surface area contributed by atoms with Crippen molar-refractivity contribution in [3.63, 3.8) is 0 Å². The van der Waals surface area contributed by atoms with Crippen molar-refractivity contribution >= 4 is 59.1 Å². The third-order valence-corrected chi connectivity index (χ3v) is 13.5. The van der Waals surface area contributed by atoms with Crippen LogP contribution in [0.4, 0.5) is 0 Å². The first-order valence-corrected chi connectivity index (χ1v) is 28.1. The predicted molar refractivity (Wildman–Crippen MR) is 311 cm³/mol. The number of aliphatic hydroxyl groups is 3. The molecule has 4 aromatic rings. The molecular formula is C58H81N13O15. The molecule has 1 heterocycles. The Hall–Kier alpha value is -8.83. The molecule has 0 spiro atoms. The summed E-state index contributed by atoms with van der Waals surface area (Å²) in [5.41, 5.74) is 13.4. The molecule has 4 rings (SSSR count). The Labute approximate surface area is 497 Å². The molecule has 3 aromatic carbocycles. The smallest absolute Gasteiger partial charge is 0.326 e. The summed E-state index contributed by atoms with van der Waals surface area (Å²) in [6.45, 7) is 4.43. The number of carbonyl (C=O) groups is 10. The van der Waals surface area contributed by atoms with Crippen LogP contribution in [0.25, 0.3) is 0 Å². The van der Waals surface area contributed by atoms with Crippen LogP contribution in [-0.2, 0) is 73.6 Å². The number of H-pyrrole nitrogens is 1. The third-order valence-electron chi connectivity index (χ3n) is 13.5.